The lowest BCUT2D eigenvalue weighted by Crippen LogP contribution is -2.56. The molecule has 184 valence electrons. The quantitative estimate of drug-likeness (QED) is 0.656. The SMILES string of the molecule is CCC1(C2CCN(C(=O)c3c(F)cccc3F)CC2)NC(=O)N(Cc2ccc3c(c2)OCO3)C1=O. The summed E-state index contributed by atoms with van der Waals surface area (Å²) in [5.41, 5.74) is -0.931. The molecule has 1 atom stereocenters. The number of hydrogen-bond donors (Lipinski definition) is 1. The Kier molecular flexibility index (Phi) is 5.82. The van der Waals surface area contributed by atoms with Gasteiger partial charge in [-0.05, 0) is 55.0 Å². The Hall–Kier alpha value is -3.69. The Balaban J connectivity index is 1.29. The molecule has 0 aliphatic carbocycles. The zero-order valence-corrected chi connectivity index (χ0v) is 19.2. The summed E-state index contributed by atoms with van der Waals surface area (Å²) in [5.74, 6) is -1.87. The second-order valence-corrected chi connectivity index (χ2v) is 9.00. The number of amides is 4. The smallest absolute Gasteiger partial charge is 0.325 e. The van der Waals surface area contributed by atoms with Crippen LogP contribution in [-0.4, -0.2) is 53.1 Å². The van der Waals surface area contributed by atoms with E-state index in [0.29, 0.717) is 30.8 Å². The molecule has 1 N–H and O–H groups in total. The van der Waals surface area contributed by atoms with Gasteiger partial charge in [0.15, 0.2) is 11.5 Å². The molecular formula is C25H25F2N3O5. The maximum absolute atomic E-state index is 14.1. The molecule has 3 aliphatic heterocycles. The molecule has 0 aromatic heterocycles. The summed E-state index contributed by atoms with van der Waals surface area (Å²) in [6.07, 6.45) is 1.22. The van der Waals surface area contributed by atoms with Crippen molar-refractivity contribution in [2.45, 2.75) is 38.3 Å². The first-order valence-electron chi connectivity index (χ1n) is 11.6. The number of imide groups is 1. The zero-order chi connectivity index (χ0) is 24.7. The zero-order valence-electron chi connectivity index (χ0n) is 19.2. The minimum atomic E-state index is -1.09. The van der Waals surface area contributed by atoms with Gasteiger partial charge in [0.25, 0.3) is 11.8 Å². The van der Waals surface area contributed by atoms with Gasteiger partial charge in [0, 0.05) is 13.1 Å². The van der Waals surface area contributed by atoms with Gasteiger partial charge in [0.05, 0.1) is 6.54 Å². The fourth-order valence-electron chi connectivity index (χ4n) is 5.25. The van der Waals surface area contributed by atoms with Crippen LogP contribution in [-0.2, 0) is 11.3 Å². The topological polar surface area (TPSA) is 88.2 Å². The third-order valence-electron chi connectivity index (χ3n) is 7.19. The van der Waals surface area contributed by atoms with Gasteiger partial charge in [-0.15, -0.1) is 0 Å². The monoisotopic (exact) mass is 485 g/mol. The molecule has 1 unspecified atom stereocenters. The van der Waals surface area contributed by atoms with E-state index < -0.39 is 34.7 Å². The highest BCUT2D eigenvalue weighted by atomic mass is 19.1. The number of carbonyl (C=O) groups is 3. The number of nitrogens with one attached hydrogen (secondary N) is 1. The molecule has 2 aromatic rings. The number of rotatable bonds is 5. The van der Waals surface area contributed by atoms with Crippen LogP contribution in [0.4, 0.5) is 13.6 Å². The van der Waals surface area contributed by atoms with E-state index in [-0.39, 0.29) is 38.3 Å². The molecule has 3 aliphatic rings. The highest BCUT2D eigenvalue weighted by Gasteiger charge is 2.55. The summed E-state index contributed by atoms with van der Waals surface area (Å²) in [6, 6.07) is 8.12. The predicted octanol–water partition coefficient (Wildman–Crippen LogP) is 3.45. The van der Waals surface area contributed by atoms with Crippen molar-refractivity contribution < 1.29 is 32.6 Å². The summed E-state index contributed by atoms with van der Waals surface area (Å²) in [4.78, 5) is 41.8. The van der Waals surface area contributed by atoms with Crippen LogP contribution in [0.3, 0.4) is 0 Å². The molecule has 5 rings (SSSR count). The van der Waals surface area contributed by atoms with Gasteiger partial charge in [-0.2, -0.15) is 0 Å². The summed E-state index contributed by atoms with van der Waals surface area (Å²) in [5, 5.41) is 2.91. The van der Waals surface area contributed by atoms with E-state index in [1.54, 1.807) is 18.2 Å². The van der Waals surface area contributed by atoms with Crippen LogP contribution in [0, 0.1) is 17.6 Å². The van der Waals surface area contributed by atoms with E-state index in [9.17, 15) is 23.2 Å². The minimum Gasteiger partial charge on any atom is -0.454 e. The van der Waals surface area contributed by atoms with Gasteiger partial charge in [0.1, 0.15) is 22.7 Å². The van der Waals surface area contributed by atoms with Crippen LogP contribution < -0.4 is 14.8 Å². The largest absolute Gasteiger partial charge is 0.454 e. The third-order valence-corrected chi connectivity index (χ3v) is 7.19. The van der Waals surface area contributed by atoms with Crippen LogP contribution in [0.2, 0.25) is 0 Å². The van der Waals surface area contributed by atoms with Crippen molar-refractivity contribution in [2.75, 3.05) is 19.9 Å². The first kappa shape index (κ1) is 23.1. The van der Waals surface area contributed by atoms with Gasteiger partial charge >= 0.3 is 6.03 Å². The molecule has 0 bridgehead atoms. The fraction of sp³-hybridized carbons (Fsp3) is 0.400. The number of likely N-dealkylation sites (tertiary alicyclic amines) is 1. The Morgan fingerprint density at radius 3 is 2.46 bits per heavy atom. The van der Waals surface area contributed by atoms with Crippen molar-refractivity contribution in [3.05, 3.63) is 59.2 Å². The van der Waals surface area contributed by atoms with E-state index in [2.05, 4.69) is 5.32 Å². The number of carbonyl (C=O) groups excluding carboxylic acids is 3. The van der Waals surface area contributed by atoms with Crippen LogP contribution in [0.5, 0.6) is 11.5 Å². The molecule has 2 fully saturated rings. The lowest BCUT2D eigenvalue weighted by Gasteiger charge is -2.40. The van der Waals surface area contributed by atoms with Crippen LogP contribution in [0.15, 0.2) is 36.4 Å². The van der Waals surface area contributed by atoms with E-state index >= 15 is 0 Å². The highest BCUT2D eigenvalue weighted by Crippen LogP contribution is 2.38. The first-order valence-corrected chi connectivity index (χ1v) is 11.6. The molecule has 0 radical (unpaired) electrons. The summed E-state index contributed by atoms with van der Waals surface area (Å²) >= 11 is 0. The molecular weight excluding hydrogens is 460 g/mol. The van der Waals surface area contributed by atoms with E-state index in [4.69, 9.17) is 9.47 Å². The molecule has 10 heteroatoms. The van der Waals surface area contributed by atoms with Crippen LogP contribution in [0.1, 0.15) is 42.1 Å². The van der Waals surface area contributed by atoms with Crippen molar-refractivity contribution in [2.24, 2.45) is 5.92 Å². The second kappa shape index (κ2) is 8.83. The number of piperidine rings is 1. The van der Waals surface area contributed by atoms with Crippen molar-refractivity contribution in [3.63, 3.8) is 0 Å². The fourth-order valence-corrected chi connectivity index (χ4v) is 5.25. The number of hydrogen-bond acceptors (Lipinski definition) is 5. The summed E-state index contributed by atoms with van der Waals surface area (Å²) in [7, 11) is 0. The van der Waals surface area contributed by atoms with Gasteiger partial charge < -0.3 is 19.7 Å². The molecule has 3 heterocycles. The number of halogens is 2. The average molecular weight is 485 g/mol. The lowest BCUT2D eigenvalue weighted by molar-refractivity contribution is -0.134. The Bertz CT molecular complexity index is 1180. The lowest BCUT2D eigenvalue weighted by atomic mass is 9.75. The summed E-state index contributed by atoms with van der Waals surface area (Å²) < 4.78 is 38.9. The molecule has 0 spiro atoms. The summed E-state index contributed by atoms with van der Waals surface area (Å²) in [6.45, 7) is 2.52. The molecule has 8 nitrogen and oxygen atoms in total. The van der Waals surface area contributed by atoms with Crippen molar-refractivity contribution in [3.8, 4) is 11.5 Å². The number of nitrogens with zero attached hydrogens (tertiary/aromatic N) is 2. The van der Waals surface area contributed by atoms with Gasteiger partial charge in [-0.1, -0.05) is 19.1 Å². The maximum Gasteiger partial charge on any atom is 0.325 e. The van der Waals surface area contributed by atoms with Crippen molar-refractivity contribution in [1.82, 2.24) is 15.1 Å². The first-order chi connectivity index (χ1) is 16.8. The second-order valence-electron chi connectivity index (χ2n) is 9.00. The van der Waals surface area contributed by atoms with Crippen LogP contribution in [0.25, 0.3) is 0 Å². The van der Waals surface area contributed by atoms with Crippen molar-refractivity contribution >= 4 is 17.8 Å². The van der Waals surface area contributed by atoms with Gasteiger partial charge in [0.2, 0.25) is 6.79 Å². The predicted molar refractivity (Wildman–Crippen MR) is 120 cm³/mol. The van der Waals surface area contributed by atoms with E-state index in [1.807, 2.05) is 6.92 Å². The van der Waals surface area contributed by atoms with E-state index in [0.717, 1.165) is 17.7 Å². The van der Waals surface area contributed by atoms with Crippen molar-refractivity contribution in [1.29, 1.82) is 0 Å². The maximum atomic E-state index is 14.1. The molecule has 0 saturated carbocycles. The normalized spacial score (nSPS) is 22.0. The highest BCUT2D eigenvalue weighted by molar-refractivity contribution is 6.07. The van der Waals surface area contributed by atoms with Gasteiger partial charge in [-0.25, -0.2) is 13.6 Å². The standard InChI is InChI=1S/C25H25F2N3O5/c1-2-25(16-8-10-29(11-9-16)22(31)21-17(26)4-3-5-18(21)27)23(32)30(24(33)28-25)13-15-6-7-19-20(12-15)35-14-34-19/h3-7,12,16H,2,8-11,13-14H2,1H3,(H,28,33). The average Bonchev–Trinajstić information content (AvgIpc) is 3.42. The molecule has 2 saturated heterocycles. The molecule has 35 heavy (non-hydrogen) atoms. The van der Waals surface area contributed by atoms with Gasteiger partial charge in [-0.3, -0.25) is 14.5 Å². The molecule has 4 amide bonds. The minimum absolute atomic E-state index is 0.0902. The number of urea groups is 1. The van der Waals surface area contributed by atoms with E-state index in [1.165, 1.54) is 15.9 Å². The Morgan fingerprint density at radius 1 is 1.09 bits per heavy atom. The third kappa shape index (κ3) is 3.86. The number of benzene rings is 2. The Morgan fingerprint density at radius 2 is 1.77 bits per heavy atom. The number of fused-ring (bicyclic) bond motifs is 1. The van der Waals surface area contributed by atoms with Crippen LogP contribution >= 0.6 is 0 Å². The Labute approximate surface area is 200 Å². The number of ether oxygens (including phenoxy) is 2. The molecule has 2 aromatic carbocycles.